The summed E-state index contributed by atoms with van der Waals surface area (Å²) in [6, 6.07) is 3.21. The number of nitro benzene ring substituents is 1. The van der Waals surface area contributed by atoms with Gasteiger partial charge in [-0.15, -0.1) is 0 Å². The second-order valence-electron chi connectivity index (χ2n) is 9.39. The summed E-state index contributed by atoms with van der Waals surface area (Å²) < 4.78 is 11.9. The molecule has 2 fully saturated rings. The van der Waals surface area contributed by atoms with Gasteiger partial charge in [-0.2, -0.15) is 0 Å². The fourth-order valence-electron chi connectivity index (χ4n) is 4.98. The number of methoxy groups -OCH3 is 1. The number of nitro groups is 1. The fraction of sp³-hybridized carbons (Fsp3) is 0.708. The molecule has 0 radical (unpaired) electrons. The van der Waals surface area contributed by atoms with Gasteiger partial charge in [0.2, 0.25) is 0 Å². The minimum absolute atomic E-state index is 0.0379. The van der Waals surface area contributed by atoms with Crippen LogP contribution in [-0.2, 0) is 9.53 Å². The molecule has 33 heavy (non-hydrogen) atoms. The van der Waals surface area contributed by atoms with Crippen LogP contribution in [0.15, 0.2) is 16.6 Å². The summed E-state index contributed by atoms with van der Waals surface area (Å²) in [7, 11) is 1.54. The Morgan fingerprint density at radius 3 is 2.79 bits per heavy atom. The standard InChI is InChI=1S/C24H36BrN3O5/c1-4-5-6-7-8-9-17(2)22(29)33-23-24(10-12-26-23)11-13-27(16-24)19-15-21(32-3)18(25)14-20(19)28(30)31/h14-15,17,23,26H,4-13,16H2,1-3H3. The third kappa shape index (κ3) is 5.98. The third-order valence-corrected chi connectivity index (χ3v) is 7.68. The van der Waals surface area contributed by atoms with Gasteiger partial charge in [-0.3, -0.25) is 20.2 Å². The van der Waals surface area contributed by atoms with Crippen molar-refractivity contribution >= 4 is 33.3 Å². The molecule has 9 heteroatoms. The van der Waals surface area contributed by atoms with Gasteiger partial charge in [0.05, 0.1) is 22.4 Å². The number of ether oxygens (including phenoxy) is 2. The highest BCUT2D eigenvalue weighted by Crippen LogP contribution is 2.46. The monoisotopic (exact) mass is 525 g/mol. The Morgan fingerprint density at radius 2 is 2.09 bits per heavy atom. The number of nitrogens with zero attached hydrogens (tertiary/aromatic N) is 2. The number of hydrogen-bond acceptors (Lipinski definition) is 7. The second-order valence-corrected chi connectivity index (χ2v) is 10.2. The van der Waals surface area contributed by atoms with Gasteiger partial charge in [-0.25, -0.2) is 0 Å². The van der Waals surface area contributed by atoms with Crippen molar-refractivity contribution in [3.05, 3.63) is 26.7 Å². The normalized spacial score (nSPS) is 23.2. The molecule has 2 aliphatic heterocycles. The molecule has 0 bridgehead atoms. The van der Waals surface area contributed by atoms with Gasteiger partial charge in [0.25, 0.3) is 5.69 Å². The van der Waals surface area contributed by atoms with E-state index in [1.165, 1.54) is 25.3 Å². The molecule has 2 saturated heterocycles. The van der Waals surface area contributed by atoms with Gasteiger partial charge in [0.1, 0.15) is 11.4 Å². The molecule has 1 aromatic carbocycles. The number of rotatable bonds is 11. The molecule has 0 amide bonds. The number of unbranched alkanes of at least 4 members (excludes halogenated alkanes) is 4. The Balaban J connectivity index is 1.66. The fourth-order valence-corrected chi connectivity index (χ4v) is 5.47. The van der Waals surface area contributed by atoms with Crippen LogP contribution in [0.1, 0.15) is 65.2 Å². The molecule has 3 unspecified atom stereocenters. The molecule has 184 valence electrons. The Morgan fingerprint density at radius 1 is 1.33 bits per heavy atom. The SMILES string of the molecule is CCCCCCCC(C)C(=O)OC1NCCC12CCN(c1cc(OC)c(Br)cc1[N+](=O)[O-])C2. The lowest BCUT2D eigenvalue weighted by atomic mass is 9.84. The van der Waals surface area contributed by atoms with Crippen molar-refractivity contribution in [3.63, 3.8) is 0 Å². The Labute approximate surface area is 204 Å². The maximum Gasteiger partial charge on any atom is 0.310 e. The highest BCUT2D eigenvalue weighted by Gasteiger charge is 2.50. The molecular formula is C24H36BrN3O5. The van der Waals surface area contributed by atoms with Crippen molar-refractivity contribution in [1.82, 2.24) is 5.32 Å². The van der Waals surface area contributed by atoms with Gasteiger partial charge >= 0.3 is 5.97 Å². The summed E-state index contributed by atoms with van der Waals surface area (Å²) in [5.74, 6) is 0.274. The van der Waals surface area contributed by atoms with Crippen LogP contribution < -0.4 is 15.0 Å². The van der Waals surface area contributed by atoms with Gasteiger partial charge in [0, 0.05) is 30.6 Å². The molecule has 3 rings (SSSR count). The lowest BCUT2D eigenvalue weighted by Gasteiger charge is -2.31. The summed E-state index contributed by atoms with van der Waals surface area (Å²) in [5, 5.41) is 15.1. The molecule has 0 aromatic heterocycles. The van der Waals surface area contributed by atoms with Crippen molar-refractivity contribution in [2.24, 2.45) is 11.3 Å². The van der Waals surface area contributed by atoms with Crippen molar-refractivity contribution in [3.8, 4) is 5.75 Å². The highest BCUT2D eigenvalue weighted by atomic mass is 79.9. The lowest BCUT2D eigenvalue weighted by molar-refractivity contribution is -0.384. The van der Waals surface area contributed by atoms with Crippen LogP contribution in [0.5, 0.6) is 5.75 Å². The predicted octanol–water partition coefficient (Wildman–Crippen LogP) is 5.42. The predicted molar refractivity (Wildman–Crippen MR) is 132 cm³/mol. The average molecular weight is 526 g/mol. The first-order chi connectivity index (χ1) is 15.8. The van der Waals surface area contributed by atoms with Crippen molar-refractivity contribution < 1.29 is 19.2 Å². The molecule has 0 saturated carbocycles. The highest BCUT2D eigenvalue weighted by molar-refractivity contribution is 9.10. The van der Waals surface area contributed by atoms with E-state index in [4.69, 9.17) is 9.47 Å². The van der Waals surface area contributed by atoms with E-state index in [0.717, 1.165) is 38.6 Å². The molecule has 3 atom stereocenters. The van der Waals surface area contributed by atoms with Gasteiger partial charge in [0.15, 0.2) is 6.23 Å². The smallest absolute Gasteiger partial charge is 0.310 e. The maximum atomic E-state index is 12.8. The minimum atomic E-state index is -0.367. The van der Waals surface area contributed by atoms with Crippen LogP contribution in [0.2, 0.25) is 0 Å². The summed E-state index contributed by atoms with van der Waals surface area (Å²) in [6.45, 7) is 6.16. The average Bonchev–Trinajstić information content (AvgIpc) is 3.40. The van der Waals surface area contributed by atoms with Gasteiger partial charge < -0.3 is 14.4 Å². The first kappa shape index (κ1) is 25.7. The first-order valence-electron chi connectivity index (χ1n) is 12.0. The third-order valence-electron chi connectivity index (χ3n) is 7.06. The summed E-state index contributed by atoms with van der Waals surface area (Å²) in [5.41, 5.74) is 0.329. The van der Waals surface area contributed by atoms with E-state index in [-0.39, 0.29) is 34.1 Å². The lowest BCUT2D eigenvalue weighted by Crippen LogP contribution is -2.43. The molecule has 2 aliphatic rings. The van der Waals surface area contributed by atoms with E-state index in [9.17, 15) is 14.9 Å². The van der Waals surface area contributed by atoms with Crippen molar-refractivity contribution in [2.45, 2.75) is 71.4 Å². The first-order valence-corrected chi connectivity index (χ1v) is 12.8. The number of esters is 1. The number of benzene rings is 1. The zero-order valence-electron chi connectivity index (χ0n) is 19.9. The van der Waals surface area contributed by atoms with Gasteiger partial charge in [-0.05, 0) is 41.7 Å². The number of nitrogens with one attached hydrogen (secondary N) is 1. The topological polar surface area (TPSA) is 93.9 Å². The number of carbonyl (C=O) groups is 1. The molecule has 0 aliphatic carbocycles. The van der Waals surface area contributed by atoms with E-state index in [1.54, 1.807) is 13.2 Å². The summed E-state index contributed by atoms with van der Waals surface area (Å²) >= 11 is 3.34. The minimum Gasteiger partial charge on any atom is -0.495 e. The van der Waals surface area contributed by atoms with E-state index in [0.29, 0.717) is 29.0 Å². The molecule has 1 spiro atoms. The number of hydrogen-bond donors (Lipinski definition) is 1. The largest absolute Gasteiger partial charge is 0.495 e. The molecule has 1 N–H and O–H groups in total. The number of carbonyl (C=O) groups excluding carboxylic acids is 1. The Kier molecular flexibility index (Phi) is 8.98. The van der Waals surface area contributed by atoms with Crippen molar-refractivity contribution in [2.75, 3.05) is 31.6 Å². The van der Waals surface area contributed by atoms with E-state index in [1.807, 2.05) is 11.8 Å². The van der Waals surface area contributed by atoms with Crippen LogP contribution in [0.4, 0.5) is 11.4 Å². The zero-order valence-corrected chi connectivity index (χ0v) is 21.5. The van der Waals surface area contributed by atoms with E-state index < -0.39 is 0 Å². The summed E-state index contributed by atoms with van der Waals surface area (Å²) in [6.07, 6.45) is 8.02. The molecule has 8 nitrogen and oxygen atoms in total. The van der Waals surface area contributed by atoms with E-state index >= 15 is 0 Å². The maximum absolute atomic E-state index is 12.8. The van der Waals surface area contributed by atoms with Crippen molar-refractivity contribution in [1.29, 1.82) is 0 Å². The molecular weight excluding hydrogens is 490 g/mol. The number of halogens is 1. The van der Waals surface area contributed by atoms with Crippen LogP contribution in [0.3, 0.4) is 0 Å². The Bertz CT molecular complexity index is 852. The quantitative estimate of drug-likeness (QED) is 0.178. The Hall–Kier alpha value is -1.87. The van der Waals surface area contributed by atoms with Crippen LogP contribution >= 0.6 is 15.9 Å². The van der Waals surface area contributed by atoms with Crippen LogP contribution in [0.25, 0.3) is 0 Å². The zero-order chi connectivity index (χ0) is 24.0. The van der Waals surface area contributed by atoms with E-state index in [2.05, 4.69) is 28.2 Å². The van der Waals surface area contributed by atoms with Crippen LogP contribution in [0, 0.1) is 21.4 Å². The van der Waals surface area contributed by atoms with Gasteiger partial charge in [-0.1, -0.05) is 46.0 Å². The summed E-state index contributed by atoms with van der Waals surface area (Å²) in [4.78, 5) is 26.2. The molecule has 2 heterocycles. The second kappa shape index (κ2) is 11.5. The molecule has 1 aromatic rings. The number of anilines is 1. The van der Waals surface area contributed by atoms with Crippen LogP contribution in [-0.4, -0.2) is 43.9 Å².